The summed E-state index contributed by atoms with van der Waals surface area (Å²) in [6.45, 7) is 4.38. The number of halogens is 2. The summed E-state index contributed by atoms with van der Waals surface area (Å²) in [6, 6.07) is 0. The van der Waals surface area contributed by atoms with Gasteiger partial charge in [0.15, 0.2) is 0 Å². The highest BCUT2D eigenvalue weighted by Crippen LogP contribution is 2.40. The normalized spacial score (nSPS) is 12.0. The first-order valence-electron chi connectivity index (χ1n) is 4.78. The standard InChI is InChI=1S/C8H18Cl2S2Si/c1-3-5-7-11-13(9,10)12-8-6-4-2/h3-8H2,1-2H3. The summed E-state index contributed by atoms with van der Waals surface area (Å²) in [7, 11) is 0. The molecule has 80 valence electrons. The van der Waals surface area contributed by atoms with E-state index in [-0.39, 0.29) is 0 Å². The molecule has 0 aliphatic rings. The third-order valence-electron chi connectivity index (χ3n) is 1.54. The van der Waals surface area contributed by atoms with Crippen LogP contribution in [0, 0.1) is 0 Å². The van der Waals surface area contributed by atoms with Crippen LogP contribution in [-0.4, -0.2) is 16.5 Å². The Kier molecular flexibility index (Phi) is 9.79. The summed E-state index contributed by atoms with van der Waals surface area (Å²) in [4.78, 5) is -2.00. The summed E-state index contributed by atoms with van der Waals surface area (Å²) in [5.74, 6) is 2.24. The molecule has 0 N–H and O–H groups in total. The number of hydrogen-bond donors (Lipinski definition) is 0. The highest BCUT2D eigenvalue weighted by atomic mass is 35.7. The predicted molar refractivity (Wildman–Crippen MR) is 72.2 cm³/mol. The lowest BCUT2D eigenvalue weighted by Crippen LogP contribution is -2.10. The van der Waals surface area contributed by atoms with Gasteiger partial charge in [-0.15, -0.1) is 44.6 Å². The predicted octanol–water partition coefficient (Wildman–Crippen LogP) is 4.97. The van der Waals surface area contributed by atoms with Crippen LogP contribution in [0.3, 0.4) is 0 Å². The molecule has 0 saturated carbocycles. The van der Waals surface area contributed by atoms with Crippen molar-refractivity contribution in [1.29, 1.82) is 0 Å². The summed E-state index contributed by atoms with van der Waals surface area (Å²) in [5.41, 5.74) is 0. The summed E-state index contributed by atoms with van der Waals surface area (Å²) in [6.07, 6.45) is 4.91. The average Bonchev–Trinajstić information content (AvgIpc) is 2.05. The molecule has 0 radical (unpaired) electrons. The number of rotatable bonds is 8. The molecule has 0 heterocycles. The van der Waals surface area contributed by atoms with Crippen LogP contribution in [0.4, 0.5) is 0 Å². The van der Waals surface area contributed by atoms with Crippen molar-refractivity contribution >= 4 is 49.6 Å². The van der Waals surface area contributed by atoms with Crippen LogP contribution in [0.15, 0.2) is 0 Å². The SMILES string of the molecule is CCCCS[Si](Cl)(Cl)SCCCC. The third-order valence-corrected chi connectivity index (χ3v) is 12.5. The lowest BCUT2D eigenvalue weighted by atomic mass is 10.4. The zero-order valence-corrected chi connectivity index (χ0v) is 12.5. The van der Waals surface area contributed by atoms with Gasteiger partial charge < -0.3 is 0 Å². The minimum Gasteiger partial charge on any atom is -0.142 e. The highest BCUT2D eigenvalue weighted by molar-refractivity contribution is 8.67. The van der Waals surface area contributed by atoms with E-state index in [1.807, 2.05) is 0 Å². The Morgan fingerprint density at radius 1 is 0.923 bits per heavy atom. The molecule has 0 aromatic heterocycles. The van der Waals surface area contributed by atoms with Gasteiger partial charge in [0, 0.05) is 0 Å². The Morgan fingerprint density at radius 2 is 1.31 bits per heavy atom. The molecule has 0 aliphatic heterocycles. The van der Waals surface area contributed by atoms with E-state index in [0.29, 0.717) is 0 Å². The number of hydrogen-bond acceptors (Lipinski definition) is 2. The third kappa shape index (κ3) is 9.79. The van der Waals surface area contributed by atoms with Gasteiger partial charge in [-0.1, -0.05) is 26.7 Å². The second-order valence-corrected chi connectivity index (χ2v) is 18.0. The Hall–Kier alpha value is 1.50. The Labute approximate surface area is 100 Å². The molecule has 0 aromatic carbocycles. The Bertz CT molecular complexity index is 111. The first-order valence-corrected chi connectivity index (χ1v) is 12.2. The smallest absolute Gasteiger partial charge is 0.142 e. The van der Waals surface area contributed by atoms with Gasteiger partial charge in [0.25, 0.3) is 0 Å². The van der Waals surface area contributed by atoms with Crippen molar-refractivity contribution in [2.75, 3.05) is 11.5 Å². The van der Waals surface area contributed by atoms with E-state index < -0.39 is 4.99 Å². The van der Waals surface area contributed by atoms with Gasteiger partial charge in [-0.3, -0.25) is 0 Å². The van der Waals surface area contributed by atoms with Crippen LogP contribution in [0.25, 0.3) is 0 Å². The van der Waals surface area contributed by atoms with E-state index in [0.717, 1.165) is 11.5 Å². The van der Waals surface area contributed by atoms with E-state index in [4.69, 9.17) is 22.2 Å². The van der Waals surface area contributed by atoms with Gasteiger partial charge in [0.1, 0.15) is 0 Å². The maximum absolute atomic E-state index is 6.24. The van der Waals surface area contributed by atoms with Gasteiger partial charge in [0.05, 0.1) is 0 Å². The summed E-state index contributed by atoms with van der Waals surface area (Å²) in [5, 5.41) is 0. The van der Waals surface area contributed by atoms with Crippen molar-refractivity contribution in [3.8, 4) is 0 Å². The van der Waals surface area contributed by atoms with Gasteiger partial charge in [0.2, 0.25) is 0 Å². The van der Waals surface area contributed by atoms with E-state index in [1.54, 1.807) is 22.4 Å². The monoisotopic (exact) mass is 276 g/mol. The molecule has 0 atom stereocenters. The molecule has 0 bridgehead atoms. The lowest BCUT2D eigenvalue weighted by molar-refractivity contribution is 0.897. The Balaban J connectivity index is 3.42. The minimum atomic E-state index is -2.00. The van der Waals surface area contributed by atoms with Crippen LogP contribution in [0.1, 0.15) is 39.5 Å². The quantitative estimate of drug-likeness (QED) is 0.349. The topological polar surface area (TPSA) is 0 Å². The van der Waals surface area contributed by atoms with E-state index >= 15 is 0 Å². The first kappa shape index (κ1) is 14.5. The van der Waals surface area contributed by atoms with E-state index in [1.165, 1.54) is 25.7 Å². The molecule has 0 spiro atoms. The maximum atomic E-state index is 6.24. The molecular weight excluding hydrogens is 259 g/mol. The molecule has 0 nitrogen and oxygen atoms in total. The van der Waals surface area contributed by atoms with Crippen LogP contribution in [-0.2, 0) is 0 Å². The molecule has 0 rings (SSSR count). The molecule has 0 aliphatic carbocycles. The van der Waals surface area contributed by atoms with Crippen molar-refractivity contribution in [2.45, 2.75) is 39.5 Å². The van der Waals surface area contributed by atoms with Crippen molar-refractivity contribution in [2.24, 2.45) is 0 Å². The van der Waals surface area contributed by atoms with Crippen LogP contribution >= 0.6 is 44.6 Å². The molecule has 13 heavy (non-hydrogen) atoms. The van der Waals surface area contributed by atoms with Gasteiger partial charge in [-0.2, -0.15) is 0 Å². The first-order chi connectivity index (χ1) is 6.12. The fourth-order valence-corrected chi connectivity index (χ4v) is 9.71. The van der Waals surface area contributed by atoms with Crippen molar-refractivity contribution in [3.63, 3.8) is 0 Å². The second kappa shape index (κ2) is 8.78. The molecule has 0 fully saturated rings. The van der Waals surface area contributed by atoms with E-state index in [2.05, 4.69) is 13.8 Å². The zero-order valence-electron chi connectivity index (χ0n) is 8.32. The zero-order chi connectivity index (χ0) is 10.2. The number of unbranched alkanes of at least 4 members (excludes halogenated alkanes) is 2. The molecule has 5 heteroatoms. The van der Waals surface area contributed by atoms with Gasteiger partial charge >= 0.3 is 4.99 Å². The lowest BCUT2D eigenvalue weighted by Gasteiger charge is -2.14. The van der Waals surface area contributed by atoms with Crippen molar-refractivity contribution < 1.29 is 0 Å². The second-order valence-electron chi connectivity index (χ2n) is 2.87. The summed E-state index contributed by atoms with van der Waals surface area (Å²) < 4.78 is 0. The molecule has 0 unspecified atom stereocenters. The fraction of sp³-hybridized carbons (Fsp3) is 1.00. The molecule has 0 aromatic rings. The van der Waals surface area contributed by atoms with Crippen LogP contribution in [0.5, 0.6) is 0 Å². The highest BCUT2D eigenvalue weighted by Gasteiger charge is 2.29. The van der Waals surface area contributed by atoms with Crippen LogP contribution in [0.2, 0.25) is 0 Å². The fourth-order valence-electron chi connectivity index (χ4n) is 0.712. The summed E-state index contributed by atoms with van der Waals surface area (Å²) >= 11 is 16.0. The van der Waals surface area contributed by atoms with Crippen molar-refractivity contribution in [3.05, 3.63) is 0 Å². The van der Waals surface area contributed by atoms with Crippen LogP contribution < -0.4 is 0 Å². The maximum Gasteiger partial charge on any atom is 0.369 e. The van der Waals surface area contributed by atoms with Gasteiger partial charge in [-0.05, 0) is 24.3 Å². The largest absolute Gasteiger partial charge is 0.369 e. The molecule has 0 saturated heterocycles. The molecule has 0 amide bonds. The average molecular weight is 277 g/mol. The molecular formula is C8H18Cl2S2Si. The minimum absolute atomic E-state index is 1.12. The van der Waals surface area contributed by atoms with Gasteiger partial charge in [-0.25, -0.2) is 0 Å². The van der Waals surface area contributed by atoms with E-state index in [9.17, 15) is 0 Å². The Morgan fingerprint density at radius 3 is 1.62 bits per heavy atom. The van der Waals surface area contributed by atoms with Crippen molar-refractivity contribution in [1.82, 2.24) is 0 Å².